The van der Waals surface area contributed by atoms with E-state index >= 15 is 0 Å². The Labute approximate surface area is 160 Å². The molecule has 27 heavy (non-hydrogen) atoms. The Hall–Kier alpha value is -3.19. The van der Waals surface area contributed by atoms with Crippen LogP contribution in [0, 0.1) is 0 Å². The molecule has 1 aromatic heterocycles. The molecule has 0 saturated carbocycles. The minimum absolute atomic E-state index is 0.169. The highest BCUT2D eigenvalue weighted by molar-refractivity contribution is 8.18. The van der Waals surface area contributed by atoms with Gasteiger partial charge in [0.2, 0.25) is 0 Å². The highest BCUT2D eigenvalue weighted by Crippen LogP contribution is 2.32. The maximum absolute atomic E-state index is 12.3. The lowest BCUT2D eigenvalue weighted by atomic mass is 10.1. The summed E-state index contributed by atoms with van der Waals surface area (Å²) in [6, 6.07) is 13.3. The van der Waals surface area contributed by atoms with Gasteiger partial charge >= 0.3 is 0 Å². The van der Waals surface area contributed by atoms with Crippen LogP contribution in [-0.2, 0) is 4.79 Å². The van der Waals surface area contributed by atoms with Gasteiger partial charge in [-0.25, -0.2) is 15.0 Å². The van der Waals surface area contributed by atoms with Gasteiger partial charge < -0.3 is 10.1 Å². The normalized spacial score (nSPS) is 16.9. The number of nitrogens with one attached hydrogen (secondary N) is 1. The summed E-state index contributed by atoms with van der Waals surface area (Å²) in [6.07, 6.45) is 5.11. The zero-order chi connectivity index (χ0) is 18.6. The summed E-state index contributed by atoms with van der Waals surface area (Å²) in [4.78, 5) is 25.7. The zero-order valence-electron chi connectivity index (χ0n) is 14.5. The van der Waals surface area contributed by atoms with Crippen LogP contribution in [-0.4, -0.2) is 27.6 Å². The number of para-hydroxylation sites is 2. The third kappa shape index (κ3) is 3.83. The first-order chi connectivity index (χ1) is 13.2. The number of amidine groups is 1. The molecule has 1 amide bonds. The zero-order valence-corrected chi connectivity index (χ0v) is 15.4. The second kappa shape index (κ2) is 7.59. The van der Waals surface area contributed by atoms with Gasteiger partial charge in [-0.05, 0) is 54.6 Å². The monoisotopic (exact) mass is 376 g/mol. The third-order valence-corrected chi connectivity index (χ3v) is 4.77. The van der Waals surface area contributed by atoms with Crippen LogP contribution < -0.4 is 10.1 Å². The number of amides is 1. The van der Waals surface area contributed by atoms with Crippen LogP contribution in [0.15, 0.2) is 64.9 Å². The van der Waals surface area contributed by atoms with Crippen LogP contribution in [0.3, 0.4) is 0 Å². The second-order valence-corrected chi connectivity index (χ2v) is 6.75. The van der Waals surface area contributed by atoms with Gasteiger partial charge in [0.05, 0.1) is 17.0 Å². The quantitative estimate of drug-likeness (QED) is 0.699. The van der Waals surface area contributed by atoms with Crippen molar-refractivity contribution in [2.75, 3.05) is 6.61 Å². The SMILES string of the molecule is CCOc1ccccc1N=C1NC(=O)/C(=C/c2ccc3ncncc3c2)S1. The lowest BCUT2D eigenvalue weighted by Crippen LogP contribution is -2.19. The smallest absolute Gasteiger partial charge is 0.264 e. The molecule has 1 fully saturated rings. The van der Waals surface area contributed by atoms with Gasteiger partial charge in [0.15, 0.2) is 5.17 Å². The highest BCUT2D eigenvalue weighted by atomic mass is 32.2. The van der Waals surface area contributed by atoms with Gasteiger partial charge in [-0.3, -0.25) is 4.79 Å². The minimum atomic E-state index is -0.169. The van der Waals surface area contributed by atoms with Crippen molar-refractivity contribution < 1.29 is 9.53 Å². The number of hydrogen-bond acceptors (Lipinski definition) is 6. The molecule has 0 unspecified atom stereocenters. The Morgan fingerprint density at radius 3 is 3.04 bits per heavy atom. The Balaban J connectivity index is 1.61. The van der Waals surface area contributed by atoms with Gasteiger partial charge in [-0.15, -0.1) is 0 Å². The largest absolute Gasteiger partial charge is 0.492 e. The molecule has 0 aliphatic carbocycles. The Bertz CT molecular complexity index is 1080. The molecule has 4 rings (SSSR count). The summed E-state index contributed by atoms with van der Waals surface area (Å²) >= 11 is 1.30. The molecule has 1 N–H and O–H groups in total. The Morgan fingerprint density at radius 1 is 1.26 bits per heavy atom. The fourth-order valence-corrected chi connectivity index (χ4v) is 3.50. The van der Waals surface area contributed by atoms with E-state index in [1.807, 2.05) is 55.5 Å². The molecular weight excluding hydrogens is 360 g/mol. The predicted molar refractivity (Wildman–Crippen MR) is 108 cm³/mol. The average molecular weight is 376 g/mol. The van der Waals surface area contributed by atoms with Crippen molar-refractivity contribution in [3.8, 4) is 5.75 Å². The van der Waals surface area contributed by atoms with Gasteiger partial charge in [-0.2, -0.15) is 0 Å². The van der Waals surface area contributed by atoms with E-state index in [0.29, 0.717) is 28.1 Å². The van der Waals surface area contributed by atoms with Crippen LogP contribution in [0.2, 0.25) is 0 Å². The molecule has 0 bridgehead atoms. The van der Waals surface area contributed by atoms with Crippen LogP contribution >= 0.6 is 11.8 Å². The van der Waals surface area contributed by atoms with Crippen molar-refractivity contribution in [1.82, 2.24) is 15.3 Å². The lowest BCUT2D eigenvalue weighted by Gasteiger charge is -2.06. The van der Waals surface area contributed by atoms with Gasteiger partial charge in [0, 0.05) is 11.6 Å². The lowest BCUT2D eigenvalue weighted by molar-refractivity contribution is -0.115. The van der Waals surface area contributed by atoms with E-state index in [1.54, 1.807) is 6.20 Å². The summed E-state index contributed by atoms with van der Waals surface area (Å²) in [7, 11) is 0. The van der Waals surface area contributed by atoms with E-state index in [2.05, 4.69) is 20.3 Å². The van der Waals surface area contributed by atoms with E-state index in [0.717, 1.165) is 16.5 Å². The number of nitrogens with zero attached hydrogens (tertiary/aromatic N) is 3. The number of thioether (sulfide) groups is 1. The van der Waals surface area contributed by atoms with E-state index in [4.69, 9.17) is 4.74 Å². The number of fused-ring (bicyclic) bond motifs is 1. The molecule has 1 aliphatic rings. The highest BCUT2D eigenvalue weighted by Gasteiger charge is 2.24. The molecule has 2 heterocycles. The van der Waals surface area contributed by atoms with Gasteiger partial charge in [-0.1, -0.05) is 18.2 Å². The van der Waals surface area contributed by atoms with Crippen molar-refractivity contribution in [1.29, 1.82) is 0 Å². The molecule has 0 spiro atoms. The standard InChI is InChI=1S/C20H16N4O2S/c1-2-26-17-6-4-3-5-16(17)23-20-24-19(25)18(27-20)10-13-7-8-15-14(9-13)11-21-12-22-15/h3-12H,2H2,1H3,(H,23,24,25)/b18-10-. The fourth-order valence-electron chi connectivity index (χ4n) is 2.66. The number of rotatable bonds is 4. The van der Waals surface area contributed by atoms with E-state index in [9.17, 15) is 4.79 Å². The molecular formula is C20H16N4O2S. The van der Waals surface area contributed by atoms with Crippen LogP contribution in [0.5, 0.6) is 5.75 Å². The number of hydrogen-bond donors (Lipinski definition) is 1. The van der Waals surface area contributed by atoms with Gasteiger partial charge in [0.25, 0.3) is 5.91 Å². The average Bonchev–Trinajstić information content (AvgIpc) is 3.02. The first-order valence-electron chi connectivity index (χ1n) is 8.44. The number of ether oxygens (including phenoxy) is 1. The van der Waals surface area contributed by atoms with Crippen LogP contribution in [0.1, 0.15) is 12.5 Å². The van der Waals surface area contributed by atoms with Crippen molar-refractivity contribution in [2.24, 2.45) is 4.99 Å². The van der Waals surface area contributed by atoms with Crippen molar-refractivity contribution in [3.05, 3.63) is 65.5 Å². The first-order valence-corrected chi connectivity index (χ1v) is 9.26. The number of carbonyl (C=O) groups is 1. The molecule has 2 aromatic carbocycles. The fraction of sp³-hybridized carbons (Fsp3) is 0.100. The van der Waals surface area contributed by atoms with E-state index < -0.39 is 0 Å². The van der Waals surface area contributed by atoms with E-state index in [-0.39, 0.29) is 5.91 Å². The van der Waals surface area contributed by atoms with Crippen LogP contribution in [0.4, 0.5) is 5.69 Å². The molecule has 0 atom stereocenters. The van der Waals surface area contributed by atoms with Crippen molar-refractivity contribution in [3.63, 3.8) is 0 Å². The first kappa shape index (κ1) is 17.2. The summed E-state index contributed by atoms with van der Waals surface area (Å²) in [5.41, 5.74) is 2.46. The summed E-state index contributed by atoms with van der Waals surface area (Å²) in [6.45, 7) is 2.48. The van der Waals surface area contributed by atoms with Crippen molar-refractivity contribution >= 4 is 45.5 Å². The van der Waals surface area contributed by atoms with Gasteiger partial charge in [0.1, 0.15) is 17.8 Å². The second-order valence-electron chi connectivity index (χ2n) is 5.72. The maximum Gasteiger partial charge on any atom is 0.264 e. The molecule has 1 aliphatic heterocycles. The maximum atomic E-state index is 12.3. The topological polar surface area (TPSA) is 76.5 Å². The molecule has 134 valence electrons. The number of aromatic nitrogens is 2. The number of carbonyl (C=O) groups excluding carboxylic acids is 1. The number of aliphatic imine (C=N–C) groups is 1. The summed E-state index contributed by atoms with van der Waals surface area (Å²) in [5.74, 6) is 0.520. The predicted octanol–water partition coefficient (Wildman–Crippen LogP) is 3.92. The number of benzene rings is 2. The Morgan fingerprint density at radius 2 is 2.15 bits per heavy atom. The molecule has 3 aromatic rings. The minimum Gasteiger partial charge on any atom is -0.492 e. The van der Waals surface area contributed by atoms with E-state index in [1.165, 1.54) is 18.1 Å². The molecule has 6 nitrogen and oxygen atoms in total. The molecule has 7 heteroatoms. The van der Waals surface area contributed by atoms with Crippen molar-refractivity contribution in [2.45, 2.75) is 6.92 Å². The summed E-state index contributed by atoms with van der Waals surface area (Å²) in [5, 5.41) is 4.26. The third-order valence-electron chi connectivity index (χ3n) is 3.86. The summed E-state index contributed by atoms with van der Waals surface area (Å²) < 4.78 is 5.58. The molecule has 0 radical (unpaired) electrons. The Kier molecular flexibility index (Phi) is 4.84. The molecule has 1 saturated heterocycles. The van der Waals surface area contributed by atoms with Crippen LogP contribution in [0.25, 0.3) is 17.0 Å².